The Morgan fingerprint density at radius 3 is 2.40 bits per heavy atom. The Morgan fingerprint density at radius 1 is 1.10 bits per heavy atom. The molecule has 2 atom stereocenters. The van der Waals surface area contributed by atoms with Crippen LogP contribution < -0.4 is 10.6 Å². The van der Waals surface area contributed by atoms with Crippen molar-refractivity contribution in [3.63, 3.8) is 0 Å². The second kappa shape index (κ2) is 9.93. The highest BCUT2D eigenvalue weighted by Gasteiger charge is 2.35. The summed E-state index contributed by atoms with van der Waals surface area (Å²) in [6.45, 7) is 7.09. The number of nitrogens with zero attached hydrogens (tertiary/aromatic N) is 1. The summed E-state index contributed by atoms with van der Waals surface area (Å²) in [5.41, 5.74) is 0. The summed E-state index contributed by atoms with van der Waals surface area (Å²) >= 11 is 1.35. The van der Waals surface area contributed by atoms with Gasteiger partial charge in [0.15, 0.2) is 5.76 Å². The van der Waals surface area contributed by atoms with Gasteiger partial charge < -0.3 is 20.0 Å². The first-order valence-corrected chi connectivity index (χ1v) is 11.2. The Morgan fingerprint density at radius 2 is 1.83 bits per heavy atom. The van der Waals surface area contributed by atoms with Crippen molar-refractivity contribution in [3.8, 4) is 0 Å². The number of carbonyl (C=O) groups is 3. The quantitative estimate of drug-likeness (QED) is 0.704. The first-order chi connectivity index (χ1) is 14.4. The fraction of sp³-hybridized carbons (Fsp3) is 0.500. The molecule has 1 aliphatic heterocycles. The summed E-state index contributed by atoms with van der Waals surface area (Å²) < 4.78 is 5.21. The van der Waals surface area contributed by atoms with Gasteiger partial charge in [-0.3, -0.25) is 14.4 Å². The van der Waals surface area contributed by atoms with E-state index >= 15 is 0 Å². The Hall–Kier alpha value is -2.61. The van der Waals surface area contributed by atoms with Crippen LogP contribution in [0.4, 0.5) is 0 Å². The number of furan rings is 1. The average molecular weight is 432 g/mol. The van der Waals surface area contributed by atoms with E-state index in [0.717, 1.165) is 0 Å². The van der Waals surface area contributed by atoms with Gasteiger partial charge >= 0.3 is 0 Å². The molecule has 3 heterocycles. The molecule has 2 N–H and O–H groups in total. The van der Waals surface area contributed by atoms with Crippen molar-refractivity contribution in [3.05, 3.63) is 46.5 Å². The second-order valence-corrected chi connectivity index (χ2v) is 9.02. The molecular formula is C22H29N3O4S. The fourth-order valence-corrected chi connectivity index (χ4v) is 4.12. The number of likely N-dealkylation sites (tertiary alicyclic amines) is 1. The van der Waals surface area contributed by atoms with Gasteiger partial charge in [0, 0.05) is 19.1 Å². The molecule has 0 unspecified atom stereocenters. The number of thiophene rings is 1. The largest absolute Gasteiger partial charge is 0.459 e. The van der Waals surface area contributed by atoms with E-state index < -0.39 is 6.04 Å². The van der Waals surface area contributed by atoms with E-state index in [4.69, 9.17) is 4.42 Å². The predicted molar refractivity (Wildman–Crippen MR) is 115 cm³/mol. The maximum Gasteiger partial charge on any atom is 0.289 e. The molecule has 0 aliphatic carbocycles. The number of hydrogen-bond donors (Lipinski definition) is 2. The van der Waals surface area contributed by atoms with Crippen LogP contribution >= 0.6 is 11.3 Å². The Kier molecular flexibility index (Phi) is 7.31. The van der Waals surface area contributed by atoms with E-state index in [1.807, 2.05) is 32.2 Å². The van der Waals surface area contributed by atoms with Crippen LogP contribution in [0.2, 0.25) is 0 Å². The summed E-state index contributed by atoms with van der Waals surface area (Å²) in [6, 6.07) is 6.26. The standard InChI is InChI=1S/C22H29N3O4S/c1-14(2)15(3)23-21(27)19(24-20(26)18-7-5-13-30-18)16-8-10-25(11-9-16)22(28)17-6-4-12-29-17/h4-7,12-16,19H,8-11H2,1-3H3,(H,23,27)(H,24,26)/t15-,19-/m0/s1. The molecule has 0 saturated carbocycles. The molecule has 2 aromatic heterocycles. The Balaban J connectivity index is 1.67. The second-order valence-electron chi connectivity index (χ2n) is 8.08. The first kappa shape index (κ1) is 22.1. The highest BCUT2D eigenvalue weighted by Crippen LogP contribution is 2.23. The van der Waals surface area contributed by atoms with Crippen molar-refractivity contribution in [2.24, 2.45) is 11.8 Å². The van der Waals surface area contributed by atoms with Gasteiger partial charge in [-0.05, 0) is 55.2 Å². The molecular weight excluding hydrogens is 402 g/mol. The van der Waals surface area contributed by atoms with Crippen LogP contribution in [0.15, 0.2) is 40.3 Å². The van der Waals surface area contributed by atoms with E-state index in [2.05, 4.69) is 10.6 Å². The van der Waals surface area contributed by atoms with Crippen LogP contribution in [0, 0.1) is 11.8 Å². The molecule has 0 spiro atoms. The van der Waals surface area contributed by atoms with Gasteiger partial charge in [-0.2, -0.15) is 0 Å². The molecule has 1 aliphatic rings. The summed E-state index contributed by atoms with van der Waals surface area (Å²) in [7, 11) is 0. The molecule has 162 valence electrons. The van der Waals surface area contributed by atoms with Gasteiger partial charge in [-0.1, -0.05) is 19.9 Å². The molecule has 1 fully saturated rings. The van der Waals surface area contributed by atoms with Gasteiger partial charge in [0.1, 0.15) is 6.04 Å². The van der Waals surface area contributed by atoms with E-state index in [-0.39, 0.29) is 35.6 Å². The smallest absolute Gasteiger partial charge is 0.289 e. The summed E-state index contributed by atoms with van der Waals surface area (Å²) in [5.74, 6) is 0.00708. The zero-order valence-electron chi connectivity index (χ0n) is 17.6. The lowest BCUT2D eigenvalue weighted by atomic mass is 9.88. The fourth-order valence-electron chi connectivity index (χ4n) is 3.49. The molecule has 2 aromatic rings. The lowest BCUT2D eigenvalue weighted by molar-refractivity contribution is -0.125. The molecule has 30 heavy (non-hydrogen) atoms. The summed E-state index contributed by atoms with van der Waals surface area (Å²) in [4.78, 5) is 40.5. The molecule has 0 radical (unpaired) electrons. The van der Waals surface area contributed by atoms with E-state index in [0.29, 0.717) is 36.6 Å². The van der Waals surface area contributed by atoms with Crippen LogP contribution in [0.5, 0.6) is 0 Å². The van der Waals surface area contributed by atoms with Gasteiger partial charge in [0.2, 0.25) is 5.91 Å². The zero-order chi connectivity index (χ0) is 21.7. The third-order valence-corrected chi connectivity index (χ3v) is 6.58. The minimum absolute atomic E-state index is 0.000686. The summed E-state index contributed by atoms with van der Waals surface area (Å²) in [6.07, 6.45) is 2.74. The van der Waals surface area contributed by atoms with Crippen molar-refractivity contribution in [1.29, 1.82) is 0 Å². The van der Waals surface area contributed by atoms with Gasteiger partial charge in [0.25, 0.3) is 11.8 Å². The maximum atomic E-state index is 13.0. The number of nitrogens with one attached hydrogen (secondary N) is 2. The first-order valence-electron chi connectivity index (χ1n) is 10.3. The minimum Gasteiger partial charge on any atom is -0.459 e. The average Bonchev–Trinajstić information content (AvgIpc) is 3.45. The topological polar surface area (TPSA) is 91.7 Å². The van der Waals surface area contributed by atoms with Gasteiger partial charge in [0.05, 0.1) is 11.1 Å². The Labute approximate surface area is 180 Å². The highest BCUT2D eigenvalue weighted by atomic mass is 32.1. The highest BCUT2D eigenvalue weighted by molar-refractivity contribution is 7.12. The van der Waals surface area contributed by atoms with Crippen molar-refractivity contribution >= 4 is 29.1 Å². The van der Waals surface area contributed by atoms with E-state index in [1.165, 1.54) is 17.6 Å². The third-order valence-electron chi connectivity index (χ3n) is 5.71. The molecule has 1 saturated heterocycles. The molecule has 7 nitrogen and oxygen atoms in total. The lowest BCUT2D eigenvalue weighted by Crippen LogP contribution is -2.55. The van der Waals surface area contributed by atoms with Crippen LogP contribution in [0.1, 0.15) is 53.8 Å². The van der Waals surface area contributed by atoms with Crippen molar-refractivity contribution in [2.45, 2.75) is 45.7 Å². The van der Waals surface area contributed by atoms with Gasteiger partial charge in [-0.15, -0.1) is 11.3 Å². The molecule has 0 bridgehead atoms. The summed E-state index contributed by atoms with van der Waals surface area (Å²) in [5, 5.41) is 7.82. The monoisotopic (exact) mass is 431 g/mol. The molecule has 3 amide bonds. The lowest BCUT2D eigenvalue weighted by Gasteiger charge is -2.36. The predicted octanol–water partition coefficient (Wildman–Crippen LogP) is 3.15. The van der Waals surface area contributed by atoms with Crippen LogP contribution in [-0.2, 0) is 4.79 Å². The molecule has 3 rings (SSSR count). The van der Waals surface area contributed by atoms with Gasteiger partial charge in [-0.25, -0.2) is 0 Å². The van der Waals surface area contributed by atoms with Crippen molar-refractivity contribution < 1.29 is 18.8 Å². The third kappa shape index (κ3) is 5.30. The van der Waals surface area contributed by atoms with Crippen LogP contribution in [0.25, 0.3) is 0 Å². The Bertz CT molecular complexity index is 840. The number of hydrogen-bond acceptors (Lipinski definition) is 5. The van der Waals surface area contributed by atoms with Crippen molar-refractivity contribution in [2.75, 3.05) is 13.1 Å². The number of carbonyl (C=O) groups excluding carboxylic acids is 3. The van der Waals surface area contributed by atoms with Crippen molar-refractivity contribution in [1.82, 2.24) is 15.5 Å². The molecule has 8 heteroatoms. The SMILES string of the molecule is CC(C)[C@H](C)NC(=O)[C@@H](NC(=O)c1cccs1)C1CCN(C(=O)c2ccco2)CC1. The minimum atomic E-state index is -0.637. The zero-order valence-corrected chi connectivity index (χ0v) is 18.4. The van der Waals surface area contributed by atoms with Crippen LogP contribution in [-0.4, -0.2) is 47.8 Å². The van der Waals surface area contributed by atoms with Crippen LogP contribution in [0.3, 0.4) is 0 Å². The molecule has 0 aromatic carbocycles. The van der Waals surface area contributed by atoms with E-state index in [1.54, 1.807) is 23.1 Å². The number of amides is 3. The number of rotatable bonds is 7. The normalized spacial score (nSPS) is 16.9. The number of piperidine rings is 1. The maximum absolute atomic E-state index is 13.0. The van der Waals surface area contributed by atoms with E-state index in [9.17, 15) is 14.4 Å².